The van der Waals surface area contributed by atoms with Gasteiger partial charge in [-0.1, -0.05) is 32.0 Å². The molecule has 2 aromatic carbocycles. The van der Waals surface area contributed by atoms with E-state index in [1.165, 1.54) is 0 Å². The fraction of sp³-hybridized carbons (Fsp3) is 0.296. The van der Waals surface area contributed by atoms with Crippen molar-refractivity contribution in [2.24, 2.45) is 5.92 Å². The second kappa shape index (κ2) is 11.4. The van der Waals surface area contributed by atoms with Gasteiger partial charge in [-0.25, -0.2) is 9.97 Å². The number of anilines is 3. The van der Waals surface area contributed by atoms with Crippen LogP contribution in [0.15, 0.2) is 54.7 Å². The van der Waals surface area contributed by atoms with Gasteiger partial charge in [0.15, 0.2) is 0 Å². The largest absolute Gasteiger partial charge is 0.378 e. The molecular formula is C27H28N6O3. The SMILES string of the molecule is CC(C)C(=O)Nc1ccc(-c2ccnc(Nc3ccc(CC(=O)N4CCOCC4)cc3)n2)cc1C#N. The number of carbonyl (C=O) groups excluding carboxylic acids is 2. The molecule has 2 N–H and O–H groups in total. The van der Waals surface area contributed by atoms with Crippen LogP contribution in [0.1, 0.15) is 25.0 Å². The lowest BCUT2D eigenvalue weighted by Crippen LogP contribution is -2.41. The van der Waals surface area contributed by atoms with Gasteiger partial charge in [0.1, 0.15) is 6.07 Å². The van der Waals surface area contributed by atoms with Crippen LogP contribution in [0.5, 0.6) is 0 Å². The van der Waals surface area contributed by atoms with E-state index in [9.17, 15) is 14.9 Å². The first-order chi connectivity index (χ1) is 17.4. The number of aromatic nitrogens is 2. The number of nitrogens with one attached hydrogen (secondary N) is 2. The molecule has 1 fully saturated rings. The Kier molecular flexibility index (Phi) is 7.88. The second-order valence-corrected chi connectivity index (χ2v) is 8.77. The molecule has 0 saturated carbocycles. The van der Waals surface area contributed by atoms with Gasteiger partial charge in [-0.15, -0.1) is 0 Å². The van der Waals surface area contributed by atoms with Gasteiger partial charge >= 0.3 is 0 Å². The number of rotatable bonds is 7. The summed E-state index contributed by atoms with van der Waals surface area (Å²) in [6, 6.07) is 16.7. The molecule has 3 aromatic rings. The molecular weight excluding hydrogens is 456 g/mol. The number of amides is 2. The third-order valence-electron chi connectivity index (χ3n) is 5.80. The van der Waals surface area contributed by atoms with Crippen LogP contribution < -0.4 is 10.6 Å². The number of nitrogens with zero attached hydrogens (tertiary/aromatic N) is 4. The Bertz CT molecular complexity index is 1280. The highest BCUT2D eigenvalue weighted by molar-refractivity contribution is 5.93. The Balaban J connectivity index is 1.43. The maximum atomic E-state index is 12.5. The van der Waals surface area contributed by atoms with E-state index in [2.05, 4.69) is 26.7 Å². The van der Waals surface area contributed by atoms with E-state index in [0.717, 1.165) is 16.8 Å². The standard InChI is InChI=1S/C27H28N6O3/c1-18(2)26(35)31-23-8-5-20(16-21(23)17-28)24-9-10-29-27(32-24)30-22-6-3-19(4-7-22)15-25(34)33-11-13-36-14-12-33/h3-10,16,18H,11-15H2,1-2H3,(H,31,35)(H,29,30,32). The van der Waals surface area contributed by atoms with Gasteiger partial charge in [0.05, 0.1) is 36.6 Å². The van der Waals surface area contributed by atoms with Crippen molar-refractivity contribution in [3.63, 3.8) is 0 Å². The second-order valence-electron chi connectivity index (χ2n) is 8.77. The summed E-state index contributed by atoms with van der Waals surface area (Å²) in [6.07, 6.45) is 1.99. The van der Waals surface area contributed by atoms with Gasteiger partial charge in [-0.3, -0.25) is 9.59 Å². The van der Waals surface area contributed by atoms with E-state index in [0.29, 0.717) is 55.6 Å². The van der Waals surface area contributed by atoms with Crippen LogP contribution in [-0.2, 0) is 20.7 Å². The number of morpholine rings is 1. The molecule has 0 spiro atoms. The number of hydrogen-bond acceptors (Lipinski definition) is 7. The van der Waals surface area contributed by atoms with E-state index >= 15 is 0 Å². The lowest BCUT2D eigenvalue weighted by molar-refractivity contribution is -0.134. The molecule has 1 saturated heterocycles. The third-order valence-corrected chi connectivity index (χ3v) is 5.80. The number of nitriles is 1. The van der Waals surface area contributed by atoms with Crippen LogP contribution in [0.2, 0.25) is 0 Å². The first-order valence-corrected chi connectivity index (χ1v) is 11.8. The fourth-order valence-electron chi connectivity index (χ4n) is 3.70. The normalized spacial score (nSPS) is 13.2. The summed E-state index contributed by atoms with van der Waals surface area (Å²) in [7, 11) is 0. The monoisotopic (exact) mass is 484 g/mol. The van der Waals surface area contributed by atoms with E-state index in [-0.39, 0.29) is 17.7 Å². The Hall–Kier alpha value is -4.29. The summed E-state index contributed by atoms with van der Waals surface area (Å²) in [4.78, 5) is 35.2. The quantitative estimate of drug-likeness (QED) is 0.524. The summed E-state index contributed by atoms with van der Waals surface area (Å²) in [5.41, 5.74) is 3.92. The van der Waals surface area contributed by atoms with Gasteiger partial charge in [0, 0.05) is 36.5 Å². The van der Waals surface area contributed by atoms with Crippen molar-refractivity contribution in [2.45, 2.75) is 20.3 Å². The highest BCUT2D eigenvalue weighted by Crippen LogP contribution is 2.25. The Labute approximate surface area is 210 Å². The van der Waals surface area contributed by atoms with Gasteiger partial charge < -0.3 is 20.3 Å². The molecule has 1 aromatic heterocycles. The number of carbonyl (C=O) groups is 2. The summed E-state index contributed by atoms with van der Waals surface area (Å²) in [5, 5.41) is 15.5. The molecule has 0 bridgehead atoms. The van der Waals surface area contributed by atoms with Crippen LogP contribution in [-0.4, -0.2) is 53.0 Å². The van der Waals surface area contributed by atoms with E-state index in [1.54, 1.807) is 38.2 Å². The minimum Gasteiger partial charge on any atom is -0.378 e. The van der Waals surface area contributed by atoms with Crippen LogP contribution in [0.4, 0.5) is 17.3 Å². The molecule has 0 radical (unpaired) electrons. The van der Waals surface area contributed by atoms with Crippen molar-refractivity contribution < 1.29 is 14.3 Å². The zero-order valence-corrected chi connectivity index (χ0v) is 20.3. The van der Waals surface area contributed by atoms with Crippen molar-refractivity contribution in [3.05, 3.63) is 65.9 Å². The molecule has 184 valence electrons. The smallest absolute Gasteiger partial charge is 0.227 e. The van der Waals surface area contributed by atoms with Crippen molar-refractivity contribution >= 4 is 29.1 Å². The predicted octanol–water partition coefficient (Wildman–Crippen LogP) is 3.75. The van der Waals surface area contributed by atoms with Crippen molar-refractivity contribution in [3.8, 4) is 17.3 Å². The Morgan fingerprint density at radius 1 is 1.11 bits per heavy atom. The fourth-order valence-corrected chi connectivity index (χ4v) is 3.70. The maximum Gasteiger partial charge on any atom is 0.227 e. The summed E-state index contributed by atoms with van der Waals surface area (Å²) < 4.78 is 5.30. The molecule has 2 amide bonds. The average Bonchev–Trinajstić information content (AvgIpc) is 2.90. The van der Waals surface area contributed by atoms with Gasteiger partial charge in [-0.05, 0) is 35.9 Å². The van der Waals surface area contributed by atoms with Gasteiger partial charge in [-0.2, -0.15) is 5.26 Å². The zero-order valence-electron chi connectivity index (χ0n) is 20.3. The lowest BCUT2D eigenvalue weighted by Gasteiger charge is -2.26. The molecule has 36 heavy (non-hydrogen) atoms. The first kappa shape index (κ1) is 24.8. The minimum atomic E-state index is -0.189. The number of benzene rings is 2. The minimum absolute atomic E-state index is 0.0987. The molecule has 9 heteroatoms. The highest BCUT2D eigenvalue weighted by atomic mass is 16.5. The van der Waals surface area contributed by atoms with Gasteiger partial charge in [0.2, 0.25) is 17.8 Å². The summed E-state index contributed by atoms with van der Waals surface area (Å²) in [5.74, 6) is 0.164. The van der Waals surface area contributed by atoms with Crippen LogP contribution in [0.25, 0.3) is 11.3 Å². The zero-order chi connectivity index (χ0) is 25.5. The average molecular weight is 485 g/mol. The number of hydrogen-bond donors (Lipinski definition) is 2. The van der Waals surface area contributed by atoms with Crippen molar-refractivity contribution in [1.29, 1.82) is 5.26 Å². The van der Waals surface area contributed by atoms with E-state index < -0.39 is 0 Å². The van der Waals surface area contributed by atoms with E-state index in [1.807, 2.05) is 35.2 Å². The summed E-state index contributed by atoms with van der Waals surface area (Å²) >= 11 is 0. The Morgan fingerprint density at radius 2 is 1.86 bits per heavy atom. The maximum absolute atomic E-state index is 12.5. The molecule has 0 aliphatic carbocycles. The first-order valence-electron chi connectivity index (χ1n) is 11.8. The highest BCUT2D eigenvalue weighted by Gasteiger charge is 2.17. The van der Waals surface area contributed by atoms with Crippen LogP contribution >= 0.6 is 0 Å². The van der Waals surface area contributed by atoms with E-state index in [4.69, 9.17) is 4.74 Å². The molecule has 2 heterocycles. The Morgan fingerprint density at radius 3 is 2.56 bits per heavy atom. The van der Waals surface area contributed by atoms with Crippen molar-refractivity contribution in [2.75, 3.05) is 36.9 Å². The molecule has 0 atom stereocenters. The van der Waals surface area contributed by atoms with Crippen LogP contribution in [0, 0.1) is 17.2 Å². The molecule has 1 aliphatic heterocycles. The molecule has 1 aliphatic rings. The molecule has 4 rings (SSSR count). The molecule has 9 nitrogen and oxygen atoms in total. The van der Waals surface area contributed by atoms with Crippen LogP contribution in [0.3, 0.4) is 0 Å². The van der Waals surface area contributed by atoms with Crippen molar-refractivity contribution in [1.82, 2.24) is 14.9 Å². The number of ether oxygens (including phenoxy) is 1. The lowest BCUT2D eigenvalue weighted by atomic mass is 10.1. The van der Waals surface area contributed by atoms with Gasteiger partial charge in [0.25, 0.3) is 0 Å². The summed E-state index contributed by atoms with van der Waals surface area (Å²) in [6.45, 7) is 6.04. The molecule has 0 unspecified atom stereocenters. The topological polar surface area (TPSA) is 120 Å². The third kappa shape index (κ3) is 6.23. The predicted molar refractivity (Wildman–Crippen MR) is 136 cm³/mol.